The second-order valence-corrected chi connectivity index (χ2v) is 5.74. The summed E-state index contributed by atoms with van der Waals surface area (Å²) in [5, 5.41) is 0.726. The Morgan fingerprint density at radius 2 is 2.05 bits per heavy atom. The van der Waals surface area contributed by atoms with E-state index in [0.717, 1.165) is 5.39 Å². The number of rotatable bonds is 5. The van der Waals surface area contributed by atoms with Gasteiger partial charge in [-0.15, -0.1) is 0 Å². The third kappa shape index (κ3) is 3.86. The molecule has 0 radical (unpaired) electrons. The van der Waals surface area contributed by atoms with Gasteiger partial charge in [-0.25, -0.2) is 4.79 Å². The van der Waals surface area contributed by atoms with Crippen molar-refractivity contribution in [3.05, 3.63) is 52.0 Å². The predicted molar refractivity (Wildman–Crippen MR) is 81.2 cm³/mol. The highest BCUT2D eigenvalue weighted by molar-refractivity contribution is 7.83. The minimum Gasteiger partial charge on any atom is -0.496 e. The molecule has 1 heterocycles. The number of nitrogens with one attached hydrogen (secondary N) is 1. The van der Waals surface area contributed by atoms with Gasteiger partial charge in [0, 0.05) is 22.7 Å². The average Bonchev–Trinajstić information content (AvgIpc) is 2.42. The van der Waals surface area contributed by atoms with Crippen LogP contribution in [0.25, 0.3) is 11.0 Å². The topological polar surface area (TPSA) is 106 Å². The van der Waals surface area contributed by atoms with Crippen LogP contribution in [-0.2, 0) is 16.7 Å². The first-order valence-corrected chi connectivity index (χ1v) is 7.76. The highest BCUT2D eigenvalue weighted by Gasteiger charge is 2.11. The molecule has 0 fully saturated rings. The van der Waals surface area contributed by atoms with Crippen molar-refractivity contribution in [2.75, 3.05) is 7.11 Å². The highest BCUT2D eigenvalue weighted by atomic mass is 32.2. The van der Waals surface area contributed by atoms with Crippen molar-refractivity contribution in [3.63, 3.8) is 0 Å². The first kappa shape index (κ1) is 16.1. The molecular weight excluding hydrogens is 310 g/mol. The second-order valence-electron chi connectivity index (χ2n) is 4.59. The molecule has 0 saturated carbocycles. The summed E-state index contributed by atoms with van der Waals surface area (Å²) in [6.07, 6.45) is 1.79. The lowest BCUT2D eigenvalue weighted by Gasteiger charge is -2.09. The molecule has 0 spiro atoms. The van der Waals surface area contributed by atoms with Crippen LogP contribution in [0.4, 0.5) is 0 Å². The van der Waals surface area contributed by atoms with E-state index < -0.39 is 15.9 Å². The van der Waals surface area contributed by atoms with Gasteiger partial charge in [-0.05, 0) is 31.5 Å². The number of benzene rings is 1. The van der Waals surface area contributed by atoms with Gasteiger partial charge < -0.3 is 9.15 Å². The van der Waals surface area contributed by atoms with E-state index in [1.807, 2.05) is 4.72 Å². The maximum absolute atomic E-state index is 11.4. The quantitative estimate of drug-likeness (QED) is 0.639. The molecule has 1 aromatic heterocycles. The predicted octanol–water partition coefficient (Wildman–Crippen LogP) is 1.64. The van der Waals surface area contributed by atoms with Gasteiger partial charge in [0.05, 0.1) is 7.11 Å². The van der Waals surface area contributed by atoms with E-state index >= 15 is 0 Å². The molecule has 0 aliphatic carbocycles. The van der Waals surface area contributed by atoms with Crippen molar-refractivity contribution >= 4 is 21.3 Å². The zero-order valence-corrected chi connectivity index (χ0v) is 12.8. The monoisotopic (exact) mass is 325 g/mol. The molecule has 0 bridgehead atoms. The molecule has 0 aliphatic rings. The zero-order valence-electron chi connectivity index (χ0n) is 12.0. The number of hydrogen-bond acceptors (Lipinski definition) is 5. The van der Waals surface area contributed by atoms with E-state index in [0.29, 0.717) is 16.9 Å². The molecule has 0 aliphatic heterocycles. The van der Waals surface area contributed by atoms with Crippen LogP contribution in [0.2, 0.25) is 0 Å². The molecule has 1 aromatic carbocycles. The van der Waals surface area contributed by atoms with Crippen LogP contribution in [0, 0.1) is 0 Å². The molecule has 2 aromatic rings. The average molecular weight is 325 g/mol. The van der Waals surface area contributed by atoms with Gasteiger partial charge in [0.1, 0.15) is 11.3 Å². The summed E-state index contributed by atoms with van der Waals surface area (Å²) < 4.78 is 42.6. The molecule has 2 N–H and O–H groups in total. The minimum atomic E-state index is -4.32. The van der Waals surface area contributed by atoms with Crippen LogP contribution in [0.1, 0.15) is 12.5 Å². The summed E-state index contributed by atoms with van der Waals surface area (Å²) in [5.41, 5.74) is 0.732. The summed E-state index contributed by atoms with van der Waals surface area (Å²) in [6.45, 7) is 1.49. The van der Waals surface area contributed by atoms with Crippen LogP contribution in [0.3, 0.4) is 0 Å². The van der Waals surface area contributed by atoms with Crippen LogP contribution >= 0.6 is 0 Å². The Hall–Kier alpha value is -2.32. The molecule has 0 atom stereocenters. The Balaban J connectivity index is 2.47. The molecule has 0 saturated heterocycles. The molecule has 7 nitrogen and oxygen atoms in total. The van der Waals surface area contributed by atoms with Crippen molar-refractivity contribution in [2.45, 2.75) is 13.3 Å². The second kappa shape index (κ2) is 6.20. The Morgan fingerprint density at radius 1 is 1.36 bits per heavy atom. The number of hydrogen-bond donors (Lipinski definition) is 2. The zero-order chi connectivity index (χ0) is 16.3. The minimum absolute atomic E-state index is 0.236. The van der Waals surface area contributed by atoms with Crippen LogP contribution in [0.15, 0.2) is 45.3 Å². The van der Waals surface area contributed by atoms with Crippen molar-refractivity contribution in [3.8, 4) is 5.75 Å². The Kier molecular flexibility index (Phi) is 4.53. The maximum Gasteiger partial charge on any atom is 0.357 e. The lowest BCUT2D eigenvalue weighted by Crippen LogP contribution is -2.20. The van der Waals surface area contributed by atoms with Gasteiger partial charge >= 0.3 is 15.9 Å². The normalized spacial score (nSPS) is 12.4. The van der Waals surface area contributed by atoms with E-state index in [9.17, 15) is 13.2 Å². The van der Waals surface area contributed by atoms with E-state index in [1.54, 1.807) is 18.2 Å². The number of fused-ring (bicyclic) bond motifs is 1. The number of allylic oxidation sites excluding steroid dienone is 2. The Bertz CT molecular complexity index is 882. The molecule has 118 valence electrons. The van der Waals surface area contributed by atoms with Crippen molar-refractivity contribution in [2.24, 2.45) is 0 Å². The fourth-order valence-corrected chi connectivity index (χ4v) is 2.55. The summed E-state index contributed by atoms with van der Waals surface area (Å²) in [7, 11) is -2.83. The lowest BCUT2D eigenvalue weighted by molar-refractivity contribution is 0.409. The smallest absolute Gasteiger partial charge is 0.357 e. The number of ether oxygens (including phenoxy) is 1. The fourth-order valence-electron chi connectivity index (χ4n) is 2.06. The third-order valence-corrected chi connectivity index (χ3v) is 3.55. The summed E-state index contributed by atoms with van der Waals surface area (Å²) in [6, 6.07) is 6.45. The highest BCUT2D eigenvalue weighted by Crippen LogP contribution is 2.28. The summed E-state index contributed by atoms with van der Waals surface area (Å²) >= 11 is 0. The van der Waals surface area contributed by atoms with Gasteiger partial charge in [0.15, 0.2) is 0 Å². The van der Waals surface area contributed by atoms with Gasteiger partial charge in [0.25, 0.3) is 0 Å². The van der Waals surface area contributed by atoms with Gasteiger partial charge in [-0.3, -0.25) is 9.27 Å². The van der Waals surface area contributed by atoms with Crippen molar-refractivity contribution in [1.82, 2.24) is 4.72 Å². The Labute approximate surface area is 127 Å². The largest absolute Gasteiger partial charge is 0.496 e. The standard InChI is InChI=1S/C14H15NO6S/c1-9(15-22(17,18)19)3-6-11-12(20-2)7-4-10-5-8-13(16)21-14(10)11/h3-5,7-8,15H,6H2,1-2H3,(H,17,18,19). The molecule has 0 unspecified atom stereocenters. The summed E-state index contributed by atoms with van der Waals surface area (Å²) in [5.74, 6) is 0.512. The van der Waals surface area contributed by atoms with Crippen LogP contribution < -0.4 is 15.1 Å². The van der Waals surface area contributed by atoms with Crippen molar-refractivity contribution < 1.29 is 22.1 Å². The van der Waals surface area contributed by atoms with E-state index in [4.69, 9.17) is 13.7 Å². The number of methoxy groups -OCH3 is 1. The van der Waals surface area contributed by atoms with Crippen LogP contribution in [-0.4, -0.2) is 20.1 Å². The molecular formula is C14H15NO6S. The van der Waals surface area contributed by atoms with Crippen molar-refractivity contribution in [1.29, 1.82) is 0 Å². The SMILES string of the molecule is COc1ccc2ccc(=O)oc2c1CC=C(C)NS(=O)(=O)O. The summed E-state index contributed by atoms with van der Waals surface area (Å²) in [4.78, 5) is 11.4. The van der Waals surface area contributed by atoms with Gasteiger partial charge in [-0.1, -0.05) is 6.08 Å². The first-order chi connectivity index (χ1) is 10.3. The van der Waals surface area contributed by atoms with E-state index in [1.165, 1.54) is 26.2 Å². The van der Waals surface area contributed by atoms with E-state index in [-0.39, 0.29) is 12.1 Å². The first-order valence-electron chi connectivity index (χ1n) is 6.32. The van der Waals surface area contributed by atoms with E-state index in [2.05, 4.69) is 0 Å². The maximum atomic E-state index is 11.4. The van der Waals surface area contributed by atoms with Crippen LogP contribution in [0.5, 0.6) is 5.75 Å². The molecule has 0 amide bonds. The molecule has 22 heavy (non-hydrogen) atoms. The third-order valence-electron chi connectivity index (χ3n) is 2.97. The lowest BCUT2D eigenvalue weighted by atomic mass is 10.1. The molecule has 2 rings (SSSR count). The van der Waals surface area contributed by atoms with Gasteiger partial charge in [-0.2, -0.15) is 8.42 Å². The Morgan fingerprint density at radius 3 is 2.68 bits per heavy atom. The fraction of sp³-hybridized carbons (Fsp3) is 0.214. The van der Waals surface area contributed by atoms with Gasteiger partial charge in [0.2, 0.25) is 0 Å². The molecule has 8 heteroatoms.